The van der Waals surface area contributed by atoms with Crippen molar-refractivity contribution in [3.8, 4) is 0 Å². The predicted molar refractivity (Wildman–Crippen MR) is 120 cm³/mol. The van der Waals surface area contributed by atoms with E-state index in [0.717, 1.165) is 0 Å². The van der Waals surface area contributed by atoms with E-state index in [2.05, 4.69) is 15.0 Å². The van der Waals surface area contributed by atoms with Gasteiger partial charge in [0.05, 0.1) is 32.2 Å². The van der Waals surface area contributed by atoms with Crippen LogP contribution in [0.4, 0.5) is 15.4 Å². The zero-order valence-corrected chi connectivity index (χ0v) is 20.7. The number of nitrogen functional groups attached to an aromatic ring is 1. The minimum absolute atomic E-state index is 0.154. The topological polar surface area (TPSA) is 185 Å². The molecule has 0 amide bonds. The average Bonchev–Trinajstić information content (AvgIpc) is 3.24. The van der Waals surface area contributed by atoms with Crippen LogP contribution >= 0.6 is 7.60 Å². The van der Waals surface area contributed by atoms with Gasteiger partial charge in [0.25, 0.3) is 0 Å². The van der Waals surface area contributed by atoms with Gasteiger partial charge in [-0.3, -0.25) is 13.6 Å². The molecule has 196 valence electrons. The third-order valence-electron chi connectivity index (χ3n) is 4.10. The fourth-order valence-electron chi connectivity index (χ4n) is 2.46. The number of aromatic nitrogens is 4. The molecular formula is C19H30N5O10P. The van der Waals surface area contributed by atoms with E-state index in [1.807, 2.05) is 13.8 Å². The van der Waals surface area contributed by atoms with E-state index >= 15 is 0 Å². The second-order valence-corrected chi connectivity index (χ2v) is 9.02. The molecule has 2 aromatic rings. The Balaban J connectivity index is 1.93. The summed E-state index contributed by atoms with van der Waals surface area (Å²) in [4.78, 5) is 35.1. The van der Waals surface area contributed by atoms with Crippen LogP contribution < -0.4 is 5.73 Å². The minimum atomic E-state index is -4.04. The predicted octanol–water partition coefficient (Wildman–Crippen LogP) is 3.04. The fraction of sp³-hybridized carbons (Fsp3) is 0.632. The molecule has 15 nitrogen and oxygen atoms in total. The Kier molecular flexibility index (Phi) is 11.6. The highest BCUT2D eigenvalue weighted by molar-refractivity contribution is 7.53. The SMILES string of the molecule is CCCOC(=O)OCOP(=O)(CO[C@H](C)Cn1cnc2c(N)ncnc21)OCOC(=O)OCCC. The number of nitrogens with zero attached hydrogens (tertiary/aromatic N) is 4. The maximum atomic E-state index is 13.1. The van der Waals surface area contributed by atoms with Crippen LogP contribution in [0.2, 0.25) is 0 Å². The molecule has 0 saturated heterocycles. The number of hydrogen-bond acceptors (Lipinski definition) is 14. The summed E-state index contributed by atoms with van der Waals surface area (Å²) in [6.45, 7) is 4.43. The van der Waals surface area contributed by atoms with E-state index < -0.39 is 45.9 Å². The van der Waals surface area contributed by atoms with Crippen LogP contribution in [0, 0.1) is 0 Å². The van der Waals surface area contributed by atoms with Gasteiger partial charge in [-0.15, -0.1) is 0 Å². The lowest BCUT2D eigenvalue weighted by molar-refractivity contribution is -0.0291. The maximum absolute atomic E-state index is 13.1. The van der Waals surface area contributed by atoms with Crippen molar-refractivity contribution in [2.45, 2.75) is 46.3 Å². The van der Waals surface area contributed by atoms with Crippen molar-refractivity contribution in [3.63, 3.8) is 0 Å². The van der Waals surface area contributed by atoms with Crippen molar-refractivity contribution in [1.82, 2.24) is 19.5 Å². The number of ether oxygens (including phenoxy) is 5. The summed E-state index contributed by atoms with van der Waals surface area (Å²) in [7, 11) is -4.04. The van der Waals surface area contributed by atoms with Crippen molar-refractivity contribution in [3.05, 3.63) is 12.7 Å². The lowest BCUT2D eigenvalue weighted by Gasteiger charge is -2.21. The van der Waals surface area contributed by atoms with Crippen molar-refractivity contribution in [2.75, 3.05) is 38.9 Å². The highest BCUT2D eigenvalue weighted by Gasteiger charge is 2.28. The molecule has 0 radical (unpaired) electrons. The number of carbonyl (C=O) groups is 2. The highest BCUT2D eigenvalue weighted by atomic mass is 31.2. The molecule has 0 aliphatic carbocycles. The van der Waals surface area contributed by atoms with E-state index in [4.69, 9.17) is 38.5 Å². The molecular weight excluding hydrogens is 489 g/mol. The van der Waals surface area contributed by atoms with Crippen LogP contribution in [0.5, 0.6) is 0 Å². The van der Waals surface area contributed by atoms with E-state index in [-0.39, 0.29) is 25.6 Å². The monoisotopic (exact) mass is 519 g/mol. The first-order chi connectivity index (χ1) is 16.8. The molecule has 2 rings (SSSR count). The number of imidazole rings is 1. The normalized spacial score (nSPS) is 12.3. The van der Waals surface area contributed by atoms with Crippen LogP contribution in [0.25, 0.3) is 11.2 Å². The number of rotatable bonds is 15. The zero-order chi connectivity index (χ0) is 25.7. The van der Waals surface area contributed by atoms with Gasteiger partial charge in [0, 0.05) is 0 Å². The Morgan fingerprint density at radius 1 is 1.00 bits per heavy atom. The molecule has 2 aromatic heterocycles. The van der Waals surface area contributed by atoms with Crippen LogP contribution in [-0.4, -0.2) is 71.1 Å². The number of carbonyl (C=O) groups excluding carboxylic acids is 2. The summed E-state index contributed by atoms with van der Waals surface area (Å²) < 4.78 is 49.5. The van der Waals surface area contributed by atoms with E-state index in [0.29, 0.717) is 24.0 Å². The first-order valence-electron chi connectivity index (χ1n) is 10.8. The van der Waals surface area contributed by atoms with Gasteiger partial charge in [-0.2, -0.15) is 0 Å². The average molecular weight is 519 g/mol. The van der Waals surface area contributed by atoms with Crippen molar-refractivity contribution >= 4 is 36.9 Å². The Bertz CT molecular complexity index is 974. The Morgan fingerprint density at radius 3 is 2.17 bits per heavy atom. The van der Waals surface area contributed by atoms with Crippen LogP contribution in [-0.2, 0) is 43.8 Å². The van der Waals surface area contributed by atoms with Crippen LogP contribution in [0.3, 0.4) is 0 Å². The Labute approximate surface area is 201 Å². The molecule has 0 spiro atoms. The smallest absolute Gasteiger partial charge is 0.434 e. The summed E-state index contributed by atoms with van der Waals surface area (Å²) in [6.07, 6.45) is 0.968. The Hall–Kier alpha value is -3.00. The third kappa shape index (κ3) is 9.64. The lowest BCUT2D eigenvalue weighted by Crippen LogP contribution is -2.19. The van der Waals surface area contributed by atoms with Gasteiger partial charge in [-0.1, -0.05) is 13.8 Å². The number of nitrogens with two attached hydrogens (primary N) is 1. The molecule has 0 fully saturated rings. The molecule has 16 heteroatoms. The second-order valence-electron chi connectivity index (χ2n) is 7.02. The van der Waals surface area contributed by atoms with Gasteiger partial charge in [0.2, 0.25) is 13.6 Å². The first-order valence-corrected chi connectivity index (χ1v) is 12.5. The molecule has 0 saturated carbocycles. The lowest BCUT2D eigenvalue weighted by atomic mass is 10.4. The molecule has 0 bridgehead atoms. The summed E-state index contributed by atoms with van der Waals surface area (Å²) in [5, 5.41) is 0. The quantitative estimate of drug-likeness (QED) is 0.205. The molecule has 0 aliphatic heterocycles. The maximum Gasteiger partial charge on any atom is 0.510 e. The summed E-state index contributed by atoms with van der Waals surface area (Å²) >= 11 is 0. The molecule has 1 atom stereocenters. The number of anilines is 1. The third-order valence-corrected chi connectivity index (χ3v) is 5.56. The number of fused-ring (bicyclic) bond motifs is 1. The fourth-order valence-corrected chi connectivity index (χ4v) is 3.54. The number of hydrogen-bond donors (Lipinski definition) is 1. The first kappa shape index (κ1) is 28.2. The van der Waals surface area contributed by atoms with Gasteiger partial charge in [-0.25, -0.2) is 24.5 Å². The minimum Gasteiger partial charge on any atom is -0.434 e. The molecule has 0 unspecified atom stereocenters. The van der Waals surface area contributed by atoms with Crippen molar-refractivity contribution in [1.29, 1.82) is 0 Å². The van der Waals surface area contributed by atoms with Crippen LogP contribution in [0.15, 0.2) is 12.7 Å². The van der Waals surface area contributed by atoms with Gasteiger partial charge in [0.1, 0.15) is 18.2 Å². The van der Waals surface area contributed by atoms with E-state index in [9.17, 15) is 14.2 Å². The van der Waals surface area contributed by atoms with Crippen molar-refractivity contribution < 1.29 is 46.9 Å². The van der Waals surface area contributed by atoms with Crippen molar-refractivity contribution in [2.24, 2.45) is 0 Å². The van der Waals surface area contributed by atoms with Gasteiger partial charge in [-0.05, 0) is 19.8 Å². The van der Waals surface area contributed by atoms with E-state index in [1.54, 1.807) is 11.5 Å². The molecule has 0 aromatic carbocycles. The van der Waals surface area contributed by atoms with E-state index in [1.165, 1.54) is 12.7 Å². The highest BCUT2D eigenvalue weighted by Crippen LogP contribution is 2.48. The van der Waals surface area contributed by atoms with Gasteiger partial charge >= 0.3 is 19.9 Å². The molecule has 0 aliphatic rings. The molecule has 2 N–H and O–H groups in total. The largest absolute Gasteiger partial charge is 0.510 e. The summed E-state index contributed by atoms with van der Waals surface area (Å²) in [5.41, 5.74) is 6.73. The van der Waals surface area contributed by atoms with Gasteiger partial charge in [0.15, 0.2) is 11.5 Å². The standard InChI is InChI=1S/C19H30N5O10P/c1-4-6-28-18(25)30-11-33-35(27,34-12-31-19(26)29-7-5-2)13-32-14(3)8-24-10-23-15-16(20)21-9-22-17(15)24/h9-10,14H,4-8,11-13H2,1-3H3,(H2,20,21,22)/t14-/m1/s1. The summed E-state index contributed by atoms with van der Waals surface area (Å²) in [6, 6.07) is 0. The zero-order valence-electron chi connectivity index (χ0n) is 19.8. The van der Waals surface area contributed by atoms with Crippen LogP contribution in [0.1, 0.15) is 33.6 Å². The molecule has 35 heavy (non-hydrogen) atoms. The second kappa shape index (κ2) is 14.4. The Morgan fingerprint density at radius 2 is 1.60 bits per heavy atom. The summed E-state index contributed by atoms with van der Waals surface area (Å²) in [5.74, 6) is 0.239. The van der Waals surface area contributed by atoms with Gasteiger partial charge < -0.3 is 34.0 Å². The molecule has 2 heterocycles.